The maximum Gasteiger partial charge on any atom is 0.255 e. The van der Waals surface area contributed by atoms with E-state index in [2.05, 4.69) is 17.4 Å². The number of anilines is 1. The summed E-state index contributed by atoms with van der Waals surface area (Å²) in [6.45, 7) is 5.10. The second-order valence-corrected chi connectivity index (χ2v) is 7.32. The van der Waals surface area contributed by atoms with Gasteiger partial charge in [-0.15, -0.1) is 11.8 Å². The summed E-state index contributed by atoms with van der Waals surface area (Å²) in [5.41, 5.74) is 2.33. The molecule has 0 atom stereocenters. The lowest BCUT2D eigenvalue weighted by Gasteiger charge is -2.13. The van der Waals surface area contributed by atoms with Crippen molar-refractivity contribution in [1.82, 2.24) is 0 Å². The van der Waals surface area contributed by atoms with Gasteiger partial charge < -0.3 is 14.8 Å². The number of rotatable bonds is 9. The topological polar surface area (TPSA) is 47.6 Å². The Kier molecular flexibility index (Phi) is 7.59. The van der Waals surface area contributed by atoms with E-state index in [0.717, 1.165) is 28.5 Å². The Hall–Kier alpha value is -2.92. The first-order chi connectivity index (χ1) is 14.2. The van der Waals surface area contributed by atoms with Crippen LogP contribution in [0.2, 0.25) is 0 Å². The van der Waals surface area contributed by atoms with Gasteiger partial charge in [0.15, 0.2) is 0 Å². The molecule has 3 aromatic rings. The molecule has 3 rings (SSSR count). The van der Waals surface area contributed by atoms with Crippen molar-refractivity contribution in [3.05, 3.63) is 83.9 Å². The molecule has 1 N–H and O–H groups in total. The van der Waals surface area contributed by atoms with E-state index in [4.69, 9.17) is 9.47 Å². The third kappa shape index (κ3) is 6.03. The molecule has 4 nitrogen and oxygen atoms in total. The van der Waals surface area contributed by atoms with Gasteiger partial charge in [0.25, 0.3) is 5.91 Å². The molecule has 0 unspecified atom stereocenters. The van der Waals surface area contributed by atoms with Crippen molar-refractivity contribution >= 4 is 23.4 Å². The molecule has 0 saturated heterocycles. The van der Waals surface area contributed by atoms with Gasteiger partial charge >= 0.3 is 0 Å². The number of ether oxygens (including phenoxy) is 2. The molecule has 29 heavy (non-hydrogen) atoms. The summed E-state index contributed by atoms with van der Waals surface area (Å²) >= 11 is 1.72. The first kappa shape index (κ1) is 20.8. The van der Waals surface area contributed by atoms with Gasteiger partial charge in [0.05, 0.1) is 13.2 Å². The average molecular weight is 408 g/mol. The van der Waals surface area contributed by atoms with Crippen LogP contribution in [0.25, 0.3) is 0 Å². The van der Waals surface area contributed by atoms with Crippen LogP contribution in [0.5, 0.6) is 11.5 Å². The lowest BCUT2D eigenvalue weighted by molar-refractivity contribution is 0.102. The number of carbonyl (C=O) groups is 1. The average Bonchev–Trinajstić information content (AvgIpc) is 2.75. The van der Waals surface area contributed by atoms with Crippen molar-refractivity contribution in [2.75, 3.05) is 18.5 Å². The van der Waals surface area contributed by atoms with Crippen LogP contribution in [-0.2, 0) is 5.75 Å². The first-order valence-electron chi connectivity index (χ1n) is 9.67. The van der Waals surface area contributed by atoms with Crippen molar-refractivity contribution in [3.8, 4) is 11.5 Å². The fourth-order valence-corrected chi connectivity index (χ4v) is 3.71. The van der Waals surface area contributed by atoms with Crippen molar-refractivity contribution in [1.29, 1.82) is 0 Å². The summed E-state index contributed by atoms with van der Waals surface area (Å²) in [5.74, 6) is 2.17. The van der Waals surface area contributed by atoms with Gasteiger partial charge in [-0.05, 0) is 68.4 Å². The van der Waals surface area contributed by atoms with Crippen LogP contribution in [-0.4, -0.2) is 19.1 Å². The molecule has 0 saturated carbocycles. The molecule has 1 amide bonds. The highest BCUT2D eigenvalue weighted by Gasteiger charge is 2.12. The molecule has 5 heteroatoms. The zero-order chi connectivity index (χ0) is 20.5. The van der Waals surface area contributed by atoms with Crippen LogP contribution in [0.1, 0.15) is 29.8 Å². The molecular weight excluding hydrogens is 382 g/mol. The third-order valence-electron chi connectivity index (χ3n) is 4.18. The molecule has 3 aromatic carbocycles. The fraction of sp³-hybridized carbons (Fsp3) is 0.208. The van der Waals surface area contributed by atoms with E-state index < -0.39 is 0 Å². The Morgan fingerprint density at radius 1 is 0.897 bits per heavy atom. The molecule has 0 spiro atoms. The minimum atomic E-state index is -0.150. The van der Waals surface area contributed by atoms with Gasteiger partial charge in [0.1, 0.15) is 11.5 Å². The van der Waals surface area contributed by atoms with Gasteiger partial charge in [-0.1, -0.05) is 18.2 Å². The molecule has 0 heterocycles. The molecule has 0 aliphatic rings. The summed E-state index contributed by atoms with van der Waals surface area (Å²) in [7, 11) is 0. The minimum Gasteiger partial charge on any atom is -0.494 e. The Bertz CT molecular complexity index is 927. The van der Waals surface area contributed by atoms with Crippen LogP contribution in [0, 0.1) is 0 Å². The Morgan fingerprint density at radius 3 is 2.31 bits per heavy atom. The predicted octanol–water partition coefficient (Wildman–Crippen LogP) is 6.03. The van der Waals surface area contributed by atoms with Gasteiger partial charge in [0.2, 0.25) is 0 Å². The Labute approximate surface area is 176 Å². The predicted molar refractivity (Wildman–Crippen MR) is 119 cm³/mol. The normalized spacial score (nSPS) is 10.4. The van der Waals surface area contributed by atoms with E-state index in [0.29, 0.717) is 18.8 Å². The van der Waals surface area contributed by atoms with Gasteiger partial charge in [-0.2, -0.15) is 0 Å². The molecule has 0 aliphatic heterocycles. The smallest absolute Gasteiger partial charge is 0.255 e. The molecule has 0 radical (unpaired) electrons. The second kappa shape index (κ2) is 10.6. The van der Waals surface area contributed by atoms with E-state index in [1.54, 1.807) is 17.8 Å². The van der Waals surface area contributed by atoms with Gasteiger partial charge in [-0.25, -0.2) is 0 Å². The largest absolute Gasteiger partial charge is 0.494 e. The lowest BCUT2D eigenvalue weighted by Crippen LogP contribution is -2.12. The maximum atomic E-state index is 12.7. The molecule has 0 aliphatic carbocycles. The van der Waals surface area contributed by atoms with Crippen molar-refractivity contribution in [3.63, 3.8) is 0 Å². The summed E-state index contributed by atoms with van der Waals surface area (Å²) in [6.07, 6.45) is 0. The van der Waals surface area contributed by atoms with Crippen LogP contribution < -0.4 is 14.8 Å². The first-order valence-corrected chi connectivity index (χ1v) is 10.7. The van der Waals surface area contributed by atoms with E-state index in [9.17, 15) is 4.79 Å². The third-order valence-corrected chi connectivity index (χ3v) is 5.24. The quantitative estimate of drug-likeness (QED) is 0.440. The highest BCUT2D eigenvalue weighted by Crippen LogP contribution is 2.29. The second-order valence-electron chi connectivity index (χ2n) is 6.27. The molecular formula is C24H25NO3S. The number of hydrogen-bond donors (Lipinski definition) is 1. The highest BCUT2D eigenvalue weighted by atomic mass is 32.2. The van der Waals surface area contributed by atoms with Gasteiger partial charge in [-0.3, -0.25) is 4.79 Å². The minimum absolute atomic E-state index is 0.150. The fourth-order valence-electron chi connectivity index (χ4n) is 2.81. The lowest BCUT2D eigenvalue weighted by atomic mass is 10.1. The number of carbonyl (C=O) groups excluding carboxylic acids is 1. The van der Waals surface area contributed by atoms with Crippen LogP contribution >= 0.6 is 11.8 Å². The molecule has 0 bridgehead atoms. The molecule has 150 valence electrons. The molecule has 0 fully saturated rings. The van der Waals surface area contributed by atoms with Crippen LogP contribution in [0.3, 0.4) is 0 Å². The summed E-state index contributed by atoms with van der Waals surface area (Å²) in [6, 6.07) is 23.1. The summed E-state index contributed by atoms with van der Waals surface area (Å²) in [4.78, 5) is 13.9. The summed E-state index contributed by atoms with van der Waals surface area (Å²) in [5, 5.41) is 2.94. The number of nitrogens with one attached hydrogen (secondary N) is 1. The Morgan fingerprint density at radius 2 is 1.62 bits per heavy atom. The van der Waals surface area contributed by atoms with Crippen LogP contribution in [0.4, 0.5) is 5.69 Å². The SMILES string of the molecule is CCOc1ccc(NC(=O)c2ccc(OCC)c(CSc3ccccc3)c2)cc1. The van der Waals surface area contributed by atoms with E-state index >= 15 is 0 Å². The number of benzene rings is 3. The number of amides is 1. The number of thioether (sulfide) groups is 1. The maximum absolute atomic E-state index is 12.7. The van der Waals surface area contributed by atoms with Crippen molar-refractivity contribution < 1.29 is 14.3 Å². The Balaban J connectivity index is 1.73. The standard InChI is InChI=1S/C24H25NO3S/c1-3-27-21-13-11-20(12-14-21)25-24(26)18-10-15-23(28-4-2)19(16-18)17-29-22-8-6-5-7-9-22/h5-16H,3-4,17H2,1-2H3,(H,25,26). The molecule has 0 aromatic heterocycles. The van der Waals surface area contributed by atoms with Crippen molar-refractivity contribution in [2.24, 2.45) is 0 Å². The zero-order valence-electron chi connectivity index (χ0n) is 16.7. The summed E-state index contributed by atoms with van der Waals surface area (Å²) < 4.78 is 11.2. The zero-order valence-corrected chi connectivity index (χ0v) is 17.5. The van der Waals surface area contributed by atoms with Gasteiger partial charge in [0, 0.05) is 27.5 Å². The van der Waals surface area contributed by atoms with Crippen molar-refractivity contribution in [2.45, 2.75) is 24.5 Å². The highest BCUT2D eigenvalue weighted by molar-refractivity contribution is 7.98. The van der Waals surface area contributed by atoms with E-state index in [1.165, 1.54) is 4.90 Å². The van der Waals surface area contributed by atoms with E-state index in [-0.39, 0.29) is 5.91 Å². The van der Waals surface area contributed by atoms with Crippen LogP contribution in [0.15, 0.2) is 77.7 Å². The van der Waals surface area contributed by atoms with E-state index in [1.807, 2.05) is 68.4 Å². The monoisotopic (exact) mass is 407 g/mol. The number of hydrogen-bond acceptors (Lipinski definition) is 4.